The molecule has 9 nitrogen and oxygen atoms in total. The van der Waals surface area contributed by atoms with Gasteiger partial charge in [-0.3, -0.25) is 0 Å². The molecule has 0 aliphatic rings. The number of carboxylic acid groups (broad SMARTS) is 1. The lowest BCUT2D eigenvalue weighted by atomic mass is 10.2. The van der Waals surface area contributed by atoms with E-state index in [1.165, 1.54) is 18.2 Å². The fraction of sp³-hybridized carbons (Fsp3) is 0.200. The first-order valence-electron chi connectivity index (χ1n) is 9.37. The van der Waals surface area contributed by atoms with Gasteiger partial charge in [0.05, 0.1) is 32.4 Å². The molecule has 4 rings (SSSR count). The van der Waals surface area contributed by atoms with Crippen LogP contribution in [-0.4, -0.2) is 45.7 Å². The number of imidazole rings is 1. The van der Waals surface area contributed by atoms with Gasteiger partial charge in [0.1, 0.15) is 0 Å². The molecule has 0 bridgehead atoms. The largest absolute Gasteiger partial charge is 0.478 e. The number of halogens is 3. The average Bonchev–Trinajstić information content (AvgIpc) is 3.32. The van der Waals surface area contributed by atoms with Crippen LogP contribution in [0.4, 0.5) is 29.0 Å². The number of thiazole rings is 1. The highest BCUT2D eigenvalue weighted by Crippen LogP contribution is 2.35. The Balaban J connectivity index is 0.000000454. The van der Waals surface area contributed by atoms with Gasteiger partial charge in [0.25, 0.3) is 0 Å². The summed E-state index contributed by atoms with van der Waals surface area (Å²) in [6, 6.07) is 7.80. The monoisotopic (exact) mass is 480 g/mol. The van der Waals surface area contributed by atoms with Crippen molar-refractivity contribution in [2.24, 2.45) is 7.05 Å². The van der Waals surface area contributed by atoms with Gasteiger partial charge in [0.2, 0.25) is 5.95 Å². The van der Waals surface area contributed by atoms with Crippen molar-refractivity contribution < 1.29 is 27.9 Å². The van der Waals surface area contributed by atoms with Crippen molar-refractivity contribution in [3.63, 3.8) is 0 Å². The van der Waals surface area contributed by atoms with E-state index >= 15 is 0 Å². The molecule has 2 aromatic heterocycles. The summed E-state index contributed by atoms with van der Waals surface area (Å²) in [6.07, 6.45) is -4.41. The fourth-order valence-corrected chi connectivity index (χ4v) is 3.72. The number of carbonyl (C=O) groups excluding carboxylic acids is 1. The van der Waals surface area contributed by atoms with E-state index in [0.717, 1.165) is 23.5 Å². The van der Waals surface area contributed by atoms with Crippen LogP contribution in [0.5, 0.6) is 0 Å². The van der Waals surface area contributed by atoms with Crippen LogP contribution in [0.15, 0.2) is 36.4 Å². The van der Waals surface area contributed by atoms with Gasteiger partial charge in [-0.1, -0.05) is 11.3 Å². The van der Waals surface area contributed by atoms with Crippen molar-refractivity contribution in [1.82, 2.24) is 25.2 Å². The number of carboxylic acids is 1. The van der Waals surface area contributed by atoms with Gasteiger partial charge in [0, 0.05) is 21.1 Å². The van der Waals surface area contributed by atoms with E-state index in [4.69, 9.17) is 5.11 Å². The number of nitrogens with one attached hydrogen (secondary N) is 3. The number of hydrogen-bond donors (Lipinski definition) is 4. The number of benzene rings is 2. The molecule has 0 unspecified atom stereocenters. The molecule has 4 N–H and O–H groups in total. The summed E-state index contributed by atoms with van der Waals surface area (Å²) in [5.41, 5.74) is 1.03. The van der Waals surface area contributed by atoms with Crippen LogP contribution in [0.2, 0.25) is 0 Å². The number of nitrogens with zero attached hydrogens (tertiary/aromatic N) is 3. The number of urea groups is 1. The lowest BCUT2D eigenvalue weighted by molar-refractivity contribution is -0.137. The van der Waals surface area contributed by atoms with Crippen molar-refractivity contribution in [2.45, 2.75) is 6.18 Å². The zero-order valence-corrected chi connectivity index (χ0v) is 18.4. The maximum atomic E-state index is 12.8. The number of amides is 2. The van der Waals surface area contributed by atoms with E-state index in [2.05, 4.69) is 25.9 Å². The second-order valence-electron chi connectivity index (χ2n) is 6.66. The first kappa shape index (κ1) is 23.8. The number of aryl methyl sites for hydroxylation is 1. The van der Waals surface area contributed by atoms with Gasteiger partial charge >= 0.3 is 18.2 Å². The lowest BCUT2D eigenvalue weighted by Crippen LogP contribution is -2.28. The third kappa shape index (κ3) is 5.31. The second kappa shape index (κ2) is 9.32. The summed E-state index contributed by atoms with van der Waals surface area (Å²) in [5.74, 6) is -0.647. The molecule has 0 spiro atoms. The minimum Gasteiger partial charge on any atom is -0.478 e. The topological polar surface area (TPSA) is 121 Å². The number of hydrogen-bond acceptors (Lipinski definition) is 6. The van der Waals surface area contributed by atoms with Crippen LogP contribution in [0.3, 0.4) is 0 Å². The Morgan fingerprint density at radius 3 is 2.30 bits per heavy atom. The molecule has 0 saturated carbocycles. The molecule has 13 heteroatoms. The molecule has 2 heterocycles. The van der Waals surface area contributed by atoms with Crippen molar-refractivity contribution in [2.75, 3.05) is 19.4 Å². The number of aromatic carboxylic acids is 1. The molecule has 2 amide bonds. The molecule has 0 aliphatic heterocycles. The van der Waals surface area contributed by atoms with E-state index in [1.807, 2.05) is 0 Å². The minimum atomic E-state index is -4.41. The molecule has 0 atom stereocenters. The summed E-state index contributed by atoms with van der Waals surface area (Å²) in [6.45, 7) is 0. The lowest BCUT2D eigenvalue weighted by Gasteiger charge is -2.04. The number of rotatable bonds is 3. The molecule has 0 aliphatic carbocycles. The second-order valence-corrected chi connectivity index (χ2v) is 7.69. The van der Waals surface area contributed by atoms with Crippen LogP contribution >= 0.6 is 11.3 Å². The van der Waals surface area contributed by atoms with E-state index in [0.29, 0.717) is 32.3 Å². The van der Waals surface area contributed by atoms with Crippen LogP contribution in [0.25, 0.3) is 21.3 Å². The van der Waals surface area contributed by atoms with Crippen LogP contribution in [0.1, 0.15) is 15.9 Å². The predicted molar refractivity (Wildman–Crippen MR) is 119 cm³/mol. The molecule has 4 aromatic rings. The normalized spacial score (nSPS) is 11.1. The zero-order valence-electron chi connectivity index (χ0n) is 17.6. The minimum absolute atomic E-state index is 0.117. The van der Waals surface area contributed by atoms with Crippen molar-refractivity contribution in [3.8, 4) is 0 Å². The standard InChI is InChI=1S/C17H11F3N4O2S.C3H8N2O/c1-24-12-5-2-8(14(25)26)6-11(12)21-15(24)23-16-22-10-4-3-9(17(18,19)20)7-13(10)27-16;1-4-3(6)5-2/h2-7H,1H3,(H,25,26)(H,21,22,23);1-2H3,(H2,4,5,6). The summed E-state index contributed by atoms with van der Waals surface area (Å²) in [4.78, 5) is 29.7. The Bertz CT molecular complexity index is 1330. The van der Waals surface area contributed by atoms with E-state index in [9.17, 15) is 22.8 Å². The van der Waals surface area contributed by atoms with E-state index in [-0.39, 0.29) is 11.6 Å². The van der Waals surface area contributed by atoms with Gasteiger partial charge in [-0.15, -0.1) is 0 Å². The maximum Gasteiger partial charge on any atom is 0.416 e. The molecule has 174 valence electrons. The number of carbonyl (C=O) groups is 2. The van der Waals surface area contributed by atoms with Gasteiger partial charge in [-0.2, -0.15) is 13.2 Å². The SMILES string of the molecule is CNC(=O)NC.Cn1c(Nc2nc3ccc(C(F)(F)F)cc3s2)nc2cc(C(=O)O)ccc21. The molecule has 0 radical (unpaired) electrons. The fourth-order valence-electron chi connectivity index (χ4n) is 2.82. The van der Waals surface area contributed by atoms with Crippen molar-refractivity contribution in [3.05, 3.63) is 47.5 Å². The van der Waals surface area contributed by atoms with Crippen LogP contribution in [-0.2, 0) is 13.2 Å². The van der Waals surface area contributed by atoms with Crippen LogP contribution < -0.4 is 16.0 Å². The third-order valence-electron chi connectivity index (χ3n) is 4.52. The van der Waals surface area contributed by atoms with Crippen LogP contribution in [0, 0.1) is 0 Å². The number of anilines is 2. The Labute approximate surface area is 189 Å². The number of aromatic nitrogens is 3. The highest BCUT2D eigenvalue weighted by molar-refractivity contribution is 7.22. The number of fused-ring (bicyclic) bond motifs is 2. The van der Waals surface area contributed by atoms with Gasteiger partial charge in [-0.05, 0) is 36.4 Å². The molecule has 33 heavy (non-hydrogen) atoms. The number of alkyl halides is 3. The highest BCUT2D eigenvalue weighted by Gasteiger charge is 2.30. The Morgan fingerprint density at radius 1 is 1.03 bits per heavy atom. The molecular weight excluding hydrogens is 461 g/mol. The first-order chi connectivity index (χ1) is 15.5. The summed E-state index contributed by atoms with van der Waals surface area (Å²) in [7, 11) is 4.88. The maximum absolute atomic E-state index is 12.8. The average molecular weight is 480 g/mol. The molecule has 0 saturated heterocycles. The van der Waals surface area contributed by atoms with Gasteiger partial charge in [0.15, 0.2) is 5.13 Å². The summed E-state index contributed by atoms with van der Waals surface area (Å²) in [5, 5.41) is 17.2. The summed E-state index contributed by atoms with van der Waals surface area (Å²) < 4.78 is 40.6. The molecular formula is C20H19F3N6O3S. The van der Waals surface area contributed by atoms with E-state index in [1.54, 1.807) is 31.8 Å². The smallest absolute Gasteiger partial charge is 0.416 e. The predicted octanol–water partition coefficient (Wildman–Crippen LogP) is 4.19. The Morgan fingerprint density at radius 2 is 1.73 bits per heavy atom. The quantitative estimate of drug-likeness (QED) is 0.349. The third-order valence-corrected chi connectivity index (χ3v) is 5.45. The molecule has 0 fully saturated rings. The molecule has 2 aromatic carbocycles. The van der Waals surface area contributed by atoms with Gasteiger partial charge in [-0.25, -0.2) is 19.6 Å². The zero-order chi connectivity index (χ0) is 24.3. The van der Waals surface area contributed by atoms with Crippen molar-refractivity contribution >= 4 is 55.7 Å². The summed E-state index contributed by atoms with van der Waals surface area (Å²) >= 11 is 1.08. The Kier molecular flexibility index (Phi) is 6.72. The van der Waals surface area contributed by atoms with Gasteiger partial charge < -0.3 is 25.6 Å². The Hall–Kier alpha value is -3.87. The van der Waals surface area contributed by atoms with E-state index < -0.39 is 17.7 Å². The highest BCUT2D eigenvalue weighted by atomic mass is 32.1. The van der Waals surface area contributed by atoms with Crippen molar-refractivity contribution in [1.29, 1.82) is 0 Å². The first-order valence-corrected chi connectivity index (χ1v) is 10.2.